The Hall–Kier alpha value is -2.44. The molecule has 2 N–H and O–H groups in total. The van der Waals surface area contributed by atoms with Gasteiger partial charge >= 0.3 is 0 Å². The van der Waals surface area contributed by atoms with E-state index < -0.39 is 0 Å². The molecule has 0 atom stereocenters. The Kier molecular flexibility index (Phi) is 3.74. The molecule has 0 spiro atoms. The van der Waals surface area contributed by atoms with Gasteiger partial charge in [-0.2, -0.15) is 0 Å². The maximum absolute atomic E-state index is 12.8. The van der Waals surface area contributed by atoms with Gasteiger partial charge < -0.3 is 10.6 Å². The predicted octanol–water partition coefficient (Wildman–Crippen LogP) is 0.658. The number of likely N-dealkylation sites (N-methyl/N-ethyl adjacent to an activating group) is 1. The Morgan fingerprint density at radius 2 is 2.11 bits per heavy atom. The van der Waals surface area contributed by atoms with Gasteiger partial charge in [-0.3, -0.25) is 4.79 Å². The summed E-state index contributed by atoms with van der Waals surface area (Å²) >= 11 is 0. The van der Waals surface area contributed by atoms with Crippen LogP contribution < -0.4 is 5.73 Å². The van der Waals surface area contributed by atoms with Crippen LogP contribution in [0, 0.1) is 5.82 Å². The second kappa shape index (κ2) is 5.47. The number of carbonyl (C=O) groups is 1. The number of anilines is 1. The normalized spacial score (nSPS) is 10.4. The molecule has 0 aliphatic carbocycles. The van der Waals surface area contributed by atoms with Gasteiger partial charge in [-0.05, 0) is 17.7 Å². The maximum Gasteiger partial charge on any atom is 0.244 e. The molecule has 100 valence electrons. The van der Waals surface area contributed by atoms with E-state index in [1.165, 1.54) is 28.0 Å². The second-order valence-corrected chi connectivity index (χ2v) is 4.18. The minimum Gasteiger partial charge on any atom is -0.367 e. The van der Waals surface area contributed by atoms with Gasteiger partial charge in [-0.1, -0.05) is 12.1 Å². The summed E-state index contributed by atoms with van der Waals surface area (Å²) in [7, 11) is 1.67. The fourth-order valence-corrected chi connectivity index (χ4v) is 1.60. The number of nitrogens with zero attached hydrogens (tertiary/aromatic N) is 4. The zero-order valence-electron chi connectivity index (χ0n) is 10.5. The Balaban J connectivity index is 1.94. The number of benzene rings is 1. The van der Waals surface area contributed by atoms with Gasteiger partial charge in [-0.15, -0.1) is 5.10 Å². The number of rotatable bonds is 4. The zero-order chi connectivity index (χ0) is 13.8. The highest BCUT2D eigenvalue weighted by molar-refractivity contribution is 5.75. The van der Waals surface area contributed by atoms with Crippen molar-refractivity contribution in [3.8, 4) is 0 Å². The molecule has 2 aromatic rings. The Bertz CT molecular complexity index is 566. The number of nitrogen functional groups attached to an aromatic ring is 1. The average molecular weight is 263 g/mol. The molecule has 0 fully saturated rings. The standard InChI is InChI=1S/C12H14FN5O/c1-17(6-9-2-4-10(13)5-3-9)11(19)7-18-8-15-12(14)16-18/h2-5,8H,6-7H2,1H3,(H2,14,16). The number of amides is 1. The van der Waals surface area contributed by atoms with Crippen LogP contribution in [-0.4, -0.2) is 32.6 Å². The van der Waals surface area contributed by atoms with Gasteiger partial charge in [0, 0.05) is 13.6 Å². The Morgan fingerprint density at radius 1 is 1.42 bits per heavy atom. The van der Waals surface area contributed by atoms with Crippen LogP contribution in [0.4, 0.5) is 10.3 Å². The Morgan fingerprint density at radius 3 is 2.68 bits per heavy atom. The number of hydrogen-bond acceptors (Lipinski definition) is 4. The van der Waals surface area contributed by atoms with Crippen molar-refractivity contribution in [3.05, 3.63) is 42.0 Å². The molecular formula is C12H14FN5O. The van der Waals surface area contributed by atoms with E-state index in [1.54, 1.807) is 19.2 Å². The zero-order valence-corrected chi connectivity index (χ0v) is 10.5. The SMILES string of the molecule is CN(Cc1ccc(F)cc1)C(=O)Cn1cnc(N)n1. The molecule has 0 radical (unpaired) electrons. The van der Waals surface area contributed by atoms with E-state index in [1.807, 2.05) is 0 Å². The lowest BCUT2D eigenvalue weighted by Gasteiger charge is -2.17. The van der Waals surface area contributed by atoms with Crippen LogP contribution >= 0.6 is 0 Å². The van der Waals surface area contributed by atoms with Crippen LogP contribution in [0.15, 0.2) is 30.6 Å². The summed E-state index contributed by atoms with van der Waals surface area (Å²) in [6.07, 6.45) is 1.40. The predicted molar refractivity (Wildman–Crippen MR) is 67.3 cm³/mol. The first kappa shape index (κ1) is 13.0. The first-order valence-electron chi connectivity index (χ1n) is 5.68. The summed E-state index contributed by atoms with van der Waals surface area (Å²) in [5.41, 5.74) is 6.22. The summed E-state index contributed by atoms with van der Waals surface area (Å²) < 4.78 is 14.1. The van der Waals surface area contributed by atoms with Gasteiger partial charge in [-0.25, -0.2) is 14.1 Å². The lowest BCUT2D eigenvalue weighted by Crippen LogP contribution is -2.30. The third kappa shape index (κ3) is 3.51. The fraction of sp³-hybridized carbons (Fsp3) is 0.250. The van der Waals surface area contributed by atoms with Gasteiger partial charge in [0.05, 0.1) is 0 Å². The molecular weight excluding hydrogens is 249 g/mol. The van der Waals surface area contributed by atoms with Crippen LogP contribution in [0.2, 0.25) is 0 Å². The van der Waals surface area contributed by atoms with E-state index >= 15 is 0 Å². The van der Waals surface area contributed by atoms with Gasteiger partial charge in [0.1, 0.15) is 18.7 Å². The molecule has 0 unspecified atom stereocenters. The van der Waals surface area contributed by atoms with E-state index in [4.69, 9.17) is 5.73 Å². The quantitative estimate of drug-likeness (QED) is 0.879. The number of hydrogen-bond donors (Lipinski definition) is 1. The highest BCUT2D eigenvalue weighted by Crippen LogP contribution is 2.06. The summed E-state index contributed by atoms with van der Waals surface area (Å²) in [6, 6.07) is 6.02. The van der Waals surface area contributed by atoms with E-state index in [0.29, 0.717) is 6.54 Å². The highest BCUT2D eigenvalue weighted by atomic mass is 19.1. The monoisotopic (exact) mass is 263 g/mol. The lowest BCUT2D eigenvalue weighted by atomic mass is 10.2. The van der Waals surface area contributed by atoms with Crippen molar-refractivity contribution < 1.29 is 9.18 Å². The third-order valence-electron chi connectivity index (χ3n) is 2.61. The molecule has 1 aromatic heterocycles. The molecule has 1 heterocycles. The van der Waals surface area contributed by atoms with Crippen molar-refractivity contribution in [1.29, 1.82) is 0 Å². The molecule has 0 bridgehead atoms. The number of carbonyl (C=O) groups excluding carboxylic acids is 1. The summed E-state index contributed by atoms with van der Waals surface area (Å²) in [6.45, 7) is 0.477. The second-order valence-electron chi connectivity index (χ2n) is 4.18. The van der Waals surface area contributed by atoms with Crippen molar-refractivity contribution >= 4 is 11.9 Å². The van der Waals surface area contributed by atoms with Crippen LogP contribution in [0.25, 0.3) is 0 Å². The number of nitrogens with two attached hydrogens (primary N) is 1. The molecule has 6 nitrogen and oxygen atoms in total. The van der Waals surface area contributed by atoms with Crippen LogP contribution in [0.1, 0.15) is 5.56 Å². The van der Waals surface area contributed by atoms with Crippen molar-refractivity contribution in [3.63, 3.8) is 0 Å². The van der Waals surface area contributed by atoms with Crippen molar-refractivity contribution in [2.45, 2.75) is 13.1 Å². The molecule has 1 aromatic carbocycles. The van der Waals surface area contributed by atoms with Crippen molar-refractivity contribution in [2.75, 3.05) is 12.8 Å². The van der Waals surface area contributed by atoms with Crippen LogP contribution in [-0.2, 0) is 17.9 Å². The van der Waals surface area contributed by atoms with Crippen LogP contribution in [0.3, 0.4) is 0 Å². The minimum absolute atomic E-state index is 0.0713. The van der Waals surface area contributed by atoms with Crippen LogP contribution in [0.5, 0.6) is 0 Å². The molecule has 0 aliphatic heterocycles. The molecule has 2 rings (SSSR count). The average Bonchev–Trinajstić information content (AvgIpc) is 2.77. The molecule has 1 amide bonds. The van der Waals surface area contributed by atoms with Gasteiger partial charge in [0.15, 0.2) is 0 Å². The van der Waals surface area contributed by atoms with E-state index in [2.05, 4.69) is 10.1 Å². The number of aromatic nitrogens is 3. The van der Waals surface area contributed by atoms with Crippen molar-refractivity contribution in [1.82, 2.24) is 19.7 Å². The molecule has 7 heteroatoms. The smallest absolute Gasteiger partial charge is 0.244 e. The minimum atomic E-state index is -0.296. The van der Waals surface area contributed by atoms with Gasteiger partial charge in [0.2, 0.25) is 11.9 Å². The van der Waals surface area contributed by atoms with E-state index in [9.17, 15) is 9.18 Å². The summed E-state index contributed by atoms with van der Waals surface area (Å²) in [5, 5.41) is 3.84. The lowest BCUT2D eigenvalue weighted by molar-refractivity contribution is -0.131. The fourth-order valence-electron chi connectivity index (χ4n) is 1.60. The highest BCUT2D eigenvalue weighted by Gasteiger charge is 2.11. The van der Waals surface area contributed by atoms with E-state index in [0.717, 1.165) is 5.56 Å². The maximum atomic E-state index is 12.8. The molecule has 19 heavy (non-hydrogen) atoms. The third-order valence-corrected chi connectivity index (χ3v) is 2.61. The van der Waals surface area contributed by atoms with Crippen molar-refractivity contribution in [2.24, 2.45) is 0 Å². The first-order chi connectivity index (χ1) is 9.04. The molecule has 0 aliphatic rings. The molecule has 0 saturated heterocycles. The topological polar surface area (TPSA) is 77.0 Å². The summed E-state index contributed by atoms with van der Waals surface area (Å²) in [5.74, 6) is -0.293. The Labute approximate surface area is 109 Å². The van der Waals surface area contributed by atoms with E-state index in [-0.39, 0.29) is 24.2 Å². The molecule has 0 saturated carbocycles. The largest absolute Gasteiger partial charge is 0.367 e. The first-order valence-corrected chi connectivity index (χ1v) is 5.68. The number of halogens is 1. The van der Waals surface area contributed by atoms with Gasteiger partial charge in [0.25, 0.3) is 0 Å². The summed E-state index contributed by atoms with van der Waals surface area (Å²) in [4.78, 5) is 17.2.